The fraction of sp³-hybridized carbons (Fsp3) is 0.515. The molecular formula is C33H42F2O. The van der Waals surface area contributed by atoms with Crippen molar-refractivity contribution in [2.45, 2.75) is 96.2 Å². The van der Waals surface area contributed by atoms with E-state index < -0.39 is 12.2 Å². The van der Waals surface area contributed by atoms with E-state index in [1.807, 2.05) is 24.3 Å². The Bertz CT molecular complexity index is 989. The first-order valence-corrected chi connectivity index (χ1v) is 13.9. The smallest absolute Gasteiger partial charge is 0.309 e. The maximum absolute atomic E-state index is 15.0. The number of halogens is 2. The first kappa shape index (κ1) is 26.8. The molecule has 0 heterocycles. The normalized spacial score (nSPS) is 26.5. The molecule has 0 N–H and O–H groups in total. The Hall–Kier alpha value is -2.26. The molecule has 0 amide bonds. The van der Waals surface area contributed by atoms with Gasteiger partial charge in [0.05, 0.1) is 11.7 Å². The van der Waals surface area contributed by atoms with E-state index in [2.05, 4.69) is 50.3 Å². The lowest BCUT2D eigenvalue weighted by Gasteiger charge is -2.28. The highest BCUT2D eigenvalue weighted by Gasteiger charge is 2.35. The van der Waals surface area contributed by atoms with Crippen LogP contribution in [-0.4, -0.2) is 0 Å². The molecule has 0 spiro atoms. The average Bonchev–Trinajstić information content (AvgIpc) is 2.90. The molecule has 2 aromatic rings. The molecule has 0 aliphatic heterocycles. The lowest BCUT2D eigenvalue weighted by atomic mass is 9.78. The van der Waals surface area contributed by atoms with Crippen LogP contribution in [0.25, 0.3) is 0 Å². The van der Waals surface area contributed by atoms with Gasteiger partial charge >= 0.3 is 6.11 Å². The summed E-state index contributed by atoms with van der Waals surface area (Å²) in [5, 5.41) is 0. The molecule has 36 heavy (non-hydrogen) atoms. The third-order valence-corrected chi connectivity index (χ3v) is 8.39. The van der Waals surface area contributed by atoms with Crippen molar-refractivity contribution in [2.75, 3.05) is 0 Å². The molecule has 0 aromatic heterocycles. The van der Waals surface area contributed by atoms with Crippen LogP contribution in [0.1, 0.15) is 112 Å². The Morgan fingerprint density at radius 3 is 1.53 bits per heavy atom. The summed E-state index contributed by atoms with van der Waals surface area (Å²) >= 11 is 0. The number of alkyl halides is 2. The number of hydrogen-bond acceptors (Lipinski definition) is 1. The predicted octanol–water partition coefficient (Wildman–Crippen LogP) is 10.2. The number of hydrogen-bond donors (Lipinski definition) is 0. The highest BCUT2D eigenvalue weighted by atomic mass is 19.3. The van der Waals surface area contributed by atoms with Gasteiger partial charge in [-0.1, -0.05) is 72.8 Å². The fourth-order valence-electron chi connectivity index (χ4n) is 6.18. The molecule has 0 saturated heterocycles. The minimum Gasteiger partial charge on any atom is -0.309 e. The van der Waals surface area contributed by atoms with Crippen LogP contribution in [0.4, 0.5) is 8.78 Å². The second-order valence-corrected chi connectivity index (χ2v) is 10.8. The van der Waals surface area contributed by atoms with Crippen molar-refractivity contribution in [3.8, 4) is 0 Å². The summed E-state index contributed by atoms with van der Waals surface area (Å²) < 4.78 is 35.4. The maximum atomic E-state index is 15.0. The Balaban J connectivity index is 1.33. The van der Waals surface area contributed by atoms with Gasteiger partial charge in [0, 0.05) is 0 Å². The summed E-state index contributed by atoms with van der Waals surface area (Å²) in [7, 11) is 0. The third kappa shape index (κ3) is 6.73. The van der Waals surface area contributed by atoms with E-state index in [1.54, 1.807) is 19.1 Å². The maximum Gasteiger partial charge on any atom is 0.383 e. The summed E-state index contributed by atoms with van der Waals surface area (Å²) in [5.41, 5.74) is 3.19. The SMILES string of the molecule is C/C=C/C1CCC(c2ccc(C(C)OC(F)(F)c3ccc(C4CCC(/C=C/C)CC4)cc3)cc2)CC1. The molecule has 1 atom stereocenters. The molecule has 2 aromatic carbocycles. The van der Waals surface area contributed by atoms with Crippen LogP contribution >= 0.6 is 0 Å². The molecule has 2 fully saturated rings. The zero-order chi connectivity index (χ0) is 25.5. The van der Waals surface area contributed by atoms with E-state index in [0.29, 0.717) is 23.7 Å². The molecule has 2 aliphatic rings. The van der Waals surface area contributed by atoms with Crippen LogP contribution in [0, 0.1) is 11.8 Å². The van der Waals surface area contributed by atoms with Gasteiger partial charge in [0.1, 0.15) is 0 Å². The van der Waals surface area contributed by atoms with E-state index in [-0.39, 0.29) is 5.56 Å². The van der Waals surface area contributed by atoms with Crippen LogP contribution in [0.15, 0.2) is 72.8 Å². The zero-order valence-corrected chi connectivity index (χ0v) is 22.1. The van der Waals surface area contributed by atoms with Crippen LogP contribution in [0.3, 0.4) is 0 Å². The van der Waals surface area contributed by atoms with E-state index in [1.165, 1.54) is 44.1 Å². The number of ether oxygens (including phenoxy) is 1. The second-order valence-electron chi connectivity index (χ2n) is 10.8. The summed E-state index contributed by atoms with van der Waals surface area (Å²) in [6.45, 7) is 5.87. The lowest BCUT2D eigenvalue weighted by molar-refractivity contribution is -0.272. The quantitative estimate of drug-likeness (QED) is 0.333. The lowest BCUT2D eigenvalue weighted by Crippen LogP contribution is -2.20. The predicted molar refractivity (Wildman–Crippen MR) is 145 cm³/mol. The molecule has 1 nitrogen and oxygen atoms in total. The van der Waals surface area contributed by atoms with E-state index in [0.717, 1.165) is 24.0 Å². The van der Waals surface area contributed by atoms with Gasteiger partial charge in [-0.25, -0.2) is 0 Å². The van der Waals surface area contributed by atoms with Crippen LogP contribution < -0.4 is 0 Å². The van der Waals surface area contributed by atoms with Gasteiger partial charge in [-0.15, -0.1) is 0 Å². The molecular weight excluding hydrogens is 450 g/mol. The van der Waals surface area contributed by atoms with Crippen molar-refractivity contribution >= 4 is 0 Å². The van der Waals surface area contributed by atoms with Crippen molar-refractivity contribution in [1.82, 2.24) is 0 Å². The van der Waals surface area contributed by atoms with E-state index in [4.69, 9.17) is 4.74 Å². The Labute approximate surface area is 216 Å². The van der Waals surface area contributed by atoms with E-state index >= 15 is 8.78 Å². The molecule has 194 valence electrons. The fourth-order valence-corrected chi connectivity index (χ4v) is 6.18. The van der Waals surface area contributed by atoms with Gasteiger partial charge in [-0.3, -0.25) is 0 Å². The van der Waals surface area contributed by atoms with Gasteiger partial charge < -0.3 is 4.74 Å². The average molecular weight is 493 g/mol. The van der Waals surface area contributed by atoms with Crippen LogP contribution in [0.2, 0.25) is 0 Å². The summed E-state index contributed by atoms with van der Waals surface area (Å²) in [6.07, 6.45) is 14.3. The Morgan fingerprint density at radius 2 is 1.11 bits per heavy atom. The minimum atomic E-state index is -3.33. The molecule has 4 rings (SSSR count). The van der Waals surface area contributed by atoms with Gasteiger partial charge in [-0.2, -0.15) is 8.78 Å². The summed E-state index contributed by atoms with van der Waals surface area (Å²) in [4.78, 5) is 0. The molecule has 1 unspecified atom stereocenters. The summed E-state index contributed by atoms with van der Waals surface area (Å²) in [5.74, 6) is 2.39. The monoisotopic (exact) mass is 492 g/mol. The van der Waals surface area contributed by atoms with Crippen LogP contribution in [0.5, 0.6) is 0 Å². The molecule has 0 bridgehead atoms. The molecule has 2 saturated carbocycles. The first-order valence-electron chi connectivity index (χ1n) is 13.9. The van der Waals surface area contributed by atoms with Gasteiger partial charge in [-0.05, 0) is 112 Å². The highest BCUT2D eigenvalue weighted by Crippen LogP contribution is 2.40. The highest BCUT2D eigenvalue weighted by molar-refractivity contribution is 5.29. The van der Waals surface area contributed by atoms with Gasteiger partial charge in [0.25, 0.3) is 0 Å². The van der Waals surface area contributed by atoms with Crippen molar-refractivity contribution in [1.29, 1.82) is 0 Å². The molecule has 0 radical (unpaired) electrons. The van der Waals surface area contributed by atoms with Gasteiger partial charge in [0.2, 0.25) is 0 Å². The van der Waals surface area contributed by atoms with Crippen molar-refractivity contribution < 1.29 is 13.5 Å². The molecule has 2 aliphatic carbocycles. The zero-order valence-electron chi connectivity index (χ0n) is 22.1. The molecule has 3 heteroatoms. The van der Waals surface area contributed by atoms with Crippen molar-refractivity contribution in [3.63, 3.8) is 0 Å². The Morgan fingerprint density at radius 1 is 0.694 bits per heavy atom. The summed E-state index contributed by atoms with van der Waals surface area (Å²) in [6, 6.07) is 15.0. The third-order valence-electron chi connectivity index (χ3n) is 8.39. The van der Waals surface area contributed by atoms with Gasteiger partial charge in [0.15, 0.2) is 0 Å². The minimum absolute atomic E-state index is 0.0739. The van der Waals surface area contributed by atoms with E-state index in [9.17, 15) is 0 Å². The second kappa shape index (κ2) is 12.3. The standard InChI is InChI=1S/C33H42F2O/c1-4-6-25-8-12-28(13-9-25)30-18-16-27(17-19-30)24(3)36-33(34,35)32-22-20-31(21-23-32)29-14-10-26(7-5-2)11-15-29/h4-7,16-26,28-29H,8-15H2,1-3H3/b6-4+,7-5+. The number of rotatable bonds is 8. The largest absolute Gasteiger partial charge is 0.383 e. The first-order chi connectivity index (χ1) is 17.4. The van der Waals surface area contributed by atoms with Crippen molar-refractivity contribution in [3.05, 3.63) is 95.1 Å². The number of benzene rings is 2. The van der Waals surface area contributed by atoms with Crippen LogP contribution in [-0.2, 0) is 10.8 Å². The number of allylic oxidation sites excluding steroid dienone is 4. The van der Waals surface area contributed by atoms with Crippen molar-refractivity contribution in [2.24, 2.45) is 11.8 Å². The topological polar surface area (TPSA) is 9.23 Å². The Kier molecular flexibility index (Phi) is 9.17.